The highest BCUT2D eigenvalue weighted by atomic mass is 15.4. The van der Waals surface area contributed by atoms with Gasteiger partial charge in [0, 0.05) is 12.6 Å². The molecule has 0 aromatic carbocycles. The average molecular weight is 184 g/mol. The van der Waals surface area contributed by atoms with Crippen LogP contribution in [0.4, 0.5) is 0 Å². The molecule has 0 spiro atoms. The summed E-state index contributed by atoms with van der Waals surface area (Å²) in [5.74, 6) is 0. The molecule has 0 bridgehead atoms. The monoisotopic (exact) mass is 184 g/mol. The quantitative estimate of drug-likeness (QED) is 0.604. The number of hydrogen-bond donors (Lipinski definition) is 0. The van der Waals surface area contributed by atoms with E-state index in [-0.39, 0.29) is 0 Å². The zero-order chi connectivity index (χ0) is 9.68. The first-order chi connectivity index (χ1) is 6.27. The zero-order valence-corrected chi connectivity index (χ0v) is 9.42. The first-order valence-corrected chi connectivity index (χ1v) is 5.70. The maximum absolute atomic E-state index is 2.59. The van der Waals surface area contributed by atoms with Crippen LogP contribution in [0.1, 0.15) is 39.5 Å². The number of hydrogen-bond acceptors (Lipinski definition) is 2. The fourth-order valence-electron chi connectivity index (χ4n) is 2.11. The van der Waals surface area contributed by atoms with Gasteiger partial charge in [0.15, 0.2) is 0 Å². The highest BCUT2D eigenvalue weighted by Gasteiger charge is 2.24. The Morgan fingerprint density at radius 3 is 2.54 bits per heavy atom. The highest BCUT2D eigenvalue weighted by Crippen LogP contribution is 2.14. The normalized spacial score (nSPS) is 25.6. The molecule has 13 heavy (non-hydrogen) atoms. The predicted molar refractivity (Wildman–Crippen MR) is 57.8 cm³/mol. The number of rotatable bonds is 5. The first kappa shape index (κ1) is 11.0. The van der Waals surface area contributed by atoms with Crippen molar-refractivity contribution in [3.63, 3.8) is 0 Å². The highest BCUT2D eigenvalue weighted by molar-refractivity contribution is 4.78. The Labute approximate surface area is 82.9 Å². The van der Waals surface area contributed by atoms with E-state index < -0.39 is 0 Å². The van der Waals surface area contributed by atoms with Gasteiger partial charge in [-0.3, -0.25) is 9.80 Å². The fourth-order valence-corrected chi connectivity index (χ4v) is 2.11. The van der Waals surface area contributed by atoms with Crippen molar-refractivity contribution in [1.29, 1.82) is 0 Å². The minimum absolute atomic E-state index is 0.807. The van der Waals surface area contributed by atoms with Crippen molar-refractivity contribution in [2.45, 2.75) is 45.6 Å². The van der Waals surface area contributed by atoms with E-state index >= 15 is 0 Å². The van der Waals surface area contributed by atoms with E-state index in [9.17, 15) is 0 Å². The molecular weight excluding hydrogens is 160 g/mol. The molecule has 1 atom stereocenters. The largest absolute Gasteiger partial charge is 0.289 e. The lowest BCUT2D eigenvalue weighted by Crippen LogP contribution is -2.25. The van der Waals surface area contributed by atoms with Gasteiger partial charge in [0.1, 0.15) is 0 Å². The van der Waals surface area contributed by atoms with Crippen molar-refractivity contribution in [2.75, 3.05) is 26.8 Å². The molecule has 1 fully saturated rings. The van der Waals surface area contributed by atoms with Gasteiger partial charge < -0.3 is 0 Å². The van der Waals surface area contributed by atoms with Gasteiger partial charge in [-0.1, -0.05) is 26.7 Å². The van der Waals surface area contributed by atoms with E-state index in [2.05, 4.69) is 30.7 Å². The van der Waals surface area contributed by atoms with E-state index in [1.807, 2.05) is 0 Å². The van der Waals surface area contributed by atoms with Crippen molar-refractivity contribution in [1.82, 2.24) is 9.80 Å². The molecule has 0 N–H and O–H groups in total. The second-order valence-corrected chi connectivity index (χ2v) is 4.24. The molecule has 0 radical (unpaired) electrons. The SMILES string of the molecule is CCCCCN1CC(CC)N(C)C1. The first-order valence-electron chi connectivity index (χ1n) is 5.70. The smallest absolute Gasteiger partial charge is 0.0507 e. The van der Waals surface area contributed by atoms with Gasteiger partial charge in [0.2, 0.25) is 0 Å². The summed E-state index contributed by atoms with van der Waals surface area (Å²) in [5.41, 5.74) is 0. The molecule has 0 saturated carbocycles. The van der Waals surface area contributed by atoms with Gasteiger partial charge in [-0.15, -0.1) is 0 Å². The molecule has 0 aliphatic carbocycles. The summed E-state index contributed by atoms with van der Waals surface area (Å²) in [5, 5.41) is 0. The van der Waals surface area contributed by atoms with Crippen molar-refractivity contribution in [2.24, 2.45) is 0 Å². The Morgan fingerprint density at radius 2 is 2.00 bits per heavy atom. The molecule has 1 heterocycles. The minimum Gasteiger partial charge on any atom is -0.289 e. The summed E-state index contributed by atoms with van der Waals surface area (Å²) in [4.78, 5) is 5.07. The summed E-state index contributed by atoms with van der Waals surface area (Å²) in [7, 11) is 2.24. The van der Waals surface area contributed by atoms with Crippen molar-refractivity contribution in [3.8, 4) is 0 Å². The lowest BCUT2D eigenvalue weighted by Gasteiger charge is -2.15. The molecule has 0 aromatic rings. The Morgan fingerprint density at radius 1 is 1.23 bits per heavy atom. The standard InChI is InChI=1S/C11H24N2/c1-4-6-7-8-13-9-11(5-2)12(3)10-13/h11H,4-10H2,1-3H3. The molecule has 2 heteroatoms. The molecule has 0 aromatic heterocycles. The number of nitrogens with zero attached hydrogens (tertiary/aromatic N) is 2. The second-order valence-electron chi connectivity index (χ2n) is 4.24. The topological polar surface area (TPSA) is 6.48 Å². The summed E-state index contributed by atoms with van der Waals surface area (Å²) in [6, 6.07) is 0.807. The second kappa shape index (κ2) is 5.61. The molecule has 1 aliphatic rings. The maximum atomic E-state index is 2.59. The van der Waals surface area contributed by atoms with Crippen LogP contribution in [0.5, 0.6) is 0 Å². The lowest BCUT2D eigenvalue weighted by molar-refractivity contribution is 0.256. The molecule has 2 nitrogen and oxygen atoms in total. The van der Waals surface area contributed by atoms with Crippen LogP contribution in [0.15, 0.2) is 0 Å². The third-order valence-electron chi connectivity index (χ3n) is 3.06. The Bertz CT molecular complexity index is 136. The van der Waals surface area contributed by atoms with Crippen molar-refractivity contribution < 1.29 is 0 Å². The fraction of sp³-hybridized carbons (Fsp3) is 1.00. The predicted octanol–water partition coefficient (Wildman–Crippen LogP) is 2.16. The third-order valence-corrected chi connectivity index (χ3v) is 3.06. The van der Waals surface area contributed by atoms with Crippen LogP contribution < -0.4 is 0 Å². The Balaban J connectivity index is 2.16. The van der Waals surface area contributed by atoms with Gasteiger partial charge >= 0.3 is 0 Å². The van der Waals surface area contributed by atoms with Crippen LogP contribution in [0.3, 0.4) is 0 Å². The van der Waals surface area contributed by atoms with Crippen LogP contribution >= 0.6 is 0 Å². The molecular formula is C11H24N2. The van der Waals surface area contributed by atoms with Crippen LogP contribution in [-0.4, -0.2) is 42.6 Å². The Kier molecular flexibility index (Phi) is 4.74. The molecule has 1 saturated heterocycles. The molecule has 1 unspecified atom stereocenters. The number of unbranched alkanes of at least 4 members (excludes halogenated alkanes) is 2. The van der Waals surface area contributed by atoms with Gasteiger partial charge in [0.25, 0.3) is 0 Å². The number of likely N-dealkylation sites (N-methyl/N-ethyl adjacent to an activating group) is 1. The van der Waals surface area contributed by atoms with Crippen LogP contribution in [0.2, 0.25) is 0 Å². The van der Waals surface area contributed by atoms with Gasteiger partial charge in [0.05, 0.1) is 6.67 Å². The van der Waals surface area contributed by atoms with Gasteiger partial charge in [-0.25, -0.2) is 0 Å². The summed E-state index contributed by atoms with van der Waals surface area (Å²) in [6.07, 6.45) is 5.39. The van der Waals surface area contributed by atoms with Gasteiger partial charge in [-0.05, 0) is 26.4 Å². The summed E-state index contributed by atoms with van der Waals surface area (Å²) < 4.78 is 0. The summed E-state index contributed by atoms with van der Waals surface area (Å²) >= 11 is 0. The van der Waals surface area contributed by atoms with Crippen LogP contribution in [0, 0.1) is 0 Å². The molecule has 0 amide bonds. The van der Waals surface area contributed by atoms with E-state index in [0.29, 0.717) is 0 Å². The van der Waals surface area contributed by atoms with E-state index in [4.69, 9.17) is 0 Å². The summed E-state index contributed by atoms with van der Waals surface area (Å²) in [6.45, 7) is 8.33. The van der Waals surface area contributed by atoms with E-state index in [1.165, 1.54) is 45.4 Å². The molecule has 1 rings (SSSR count). The lowest BCUT2D eigenvalue weighted by atomic mass is 10.2. The van der Waals surface area contributed by atoms with Crippen molar-refractivity contribution >= 4 is 0 Å². The maximum Gasteiger partial charge on any atom is 0.0507 e. The average Bonchev–Trinajstić information content (AvgIpc) is 2.47. The third kappa shape index (κ3) is 3.28. The van der Waals surface area contributed by atoms with E-state index in [1.54, 1.807) is 0 Å². The van der Waals surface area contributed by atoms with Crippen molar-refractivity contribution in [3.05, 3.63) is 0 Å². The van der Waals surface area contributed by atoms with Gasteiger partial charge in [-0.2, -0.15) is 0 Å². The van der Waals surface area contributed by atoms with Crippen LogP contribution in [-0.2, 0) is 0 Å². The molecule has 78 valence electrons. The molecule has 1 aliphatic heterocycles. The van der Waals surface area contributed by atoms with Crippen LogP contribution in [0.25, 0.3) is 0 Å². The zero-order valence-electron chi connectivity index (χ0n) is 9.42. The minimum atomic E-state index is 0.807. The van der Waals surface area contributed by atoms with E-state index in [0.717, 1.165) is 6.04 Å². The Hall–Kier alpha value is -0.0800.